The second-order valence-corrected chi connectivity index (χ2v) is 15.5. The van der Waals surface area contributed by atoms with Gasteiger partial charge in [-0.2, -0.15) is 0 Å². The third-order valence-corrected chi connectivity index (χ3v) is 11.6. The highest BCUT2D eigenvalue weighted by atomic mass is 16.5. The summed E-state index contributed by atoms with van der Waals surface area (Å²) in [6.45, 7) is 2.40. The number of ketones is 2. The number of phenols is 2. The minimum atomic E-state index is -0.497. The Morgan fingerprint density at radius 3 is 2.66 bits per heavy atom. The molecule has 0 bridgehead atoms. The van der Waals surface area contributed by atoms with E-state index in [0.29, 0.717) is 49.0 Å². The van der Waals surface area contributed by atoms with Gasteiger partial charge < -0.3 is 36.1 Å². The molecule has 2 heterocycles. The lowest BCUT2D eigenvalue weighted by Gasteiger charge is -2.26. The van der Waals surface area contributed by atoms with Gasteiger partial charge in [0.2, 0.25) is 0 Å². The van der Waals surface area contributed by atoms with Crippen molar-refractivity contribution in [1.29, 1.82) is 0 Å². The van der Waals surface area contributed by atoms with Crippen molar-refractivity contribution in [3.63, 3.8) is 0 Å². The molecule has 1 saturated carbocycles. The van der Waals surface area contributed by atoms with Crippen LogP contribution in [0, 0.1) is 17.3 Å². The molecule has 290 valence electrons. The van der Waals surface area contributed by atoms with Crippen LogP contribution in [0.1, 0.15) is 125 Å². The molecule has 0 radical (unpaired) electrons. The van der Waals surface area contributed by atoms with E-state index in [4.69, 9.17) is 10.5 Å². The molecule has 9 nitrogen and oxygen atoms in total. The fraction of sp³-hybridized carbons (Fsp3) is 0.362. The Labute approximate surface area is 328 Å². The highest BCUT2D eigenvalue weighted by Crippen LogP contribution is 2.44. The zero-order valence-corrected chi connectivity index (χ0v) is 31.9. The molecule has 3 aliphatic rings. The van der Waals surface area contributed by atoms with Crippen LogP contribution in [0.2, 0.25) is 0 Å². The largest absolute Gasteiger partial charge is 0.508 e. The minimum Gasteiger partial charge on any atom is -0.508 e. The van der Waals surface area contributed by atoms with Gasteiger partial charge >= 0.3 is 0 Å². The van der Waals surface area contributed by atoms with Crippen LogP contribution in [0.4, 0.5) is 0 Å². The molecule has 0 spiro atoms. The molecule has 1 aliphatic heterocycles. The Balaban J connectivity index is 1.06. The molecule has 0 unspecified atom stereocenters. The van der Waals surface area contributed by atoms with Gasteiger partial charge in [-0.3, -0.25) is 9.59 Å². The summed E-state index contributed by atoms with van der Waals surface area (Å²) in [4.78, 5) is 29.9. The summed E-state index contributed by atoms with van der Waals surface area (Å²) in [7, 11) is 0. The van der Waals surface area contributed by atoms with Gasteiger partial charge in [-0.25, -0.2) is 0 Å². The third kappa shape index (κ3) is 8.78. The first-order valence-electron chi connectivity index (χ1n) is 19.8. The molecular weight excluding hydrogens is 703 g/mol. The Morgan fingerprint density at radius 2 is 1.86 bits per heavy atom. The van der Waals surface area contributed by atoms with Gasteiger partial charge in [-0.1, -0.05) is 55.9 Å². The molecule has 0 amide bonds. The van der Waals surface area contributed by atoms with Gasteiger partial charge in [0.15, 0.2) is 23.1 Å². The second-order valence-electron chi connectivity index (χ2n) is 15.5. The average Bonchev–Trinajstić information content (AvgIpc) is 3.82. The number of rotatable bonds is 13. The first kappa shape index (κ1) is 38.7. The van der Waals surface area contributed by atoms with E-state index >= 15 is 0 Å². The molecule has 1 aromatic heterocycles. The predicted molar refractivity (Wildman–Crippen MR) is 217 cm³/mol. The number of carbonyl (C=O) groups is 2. The Kier molecular flexibility index (Phi) is 11.8. The maximum absolute atomic E-state index is 13.9. The molecular formula is C47H51N3O6. The monoisotopic (exact) mass is 753 g/mol. The zero-order chi connectivity index (χ0) is 39.2. The van der Waals surface area contributed by atoms with Gasteiger partial charge in [0.1, 0.15) is 11.9 Å². The van der Waals surface area contributed by atoms with E-state index in [1.54, 1.807) is 42.6 Å². The van der Waals surface area contributed by atoms with E-state index in [0.717, 1.165) is 71.2 Å². The van der Waals surface area contributed by atoms with Crippen molar-refractivity contribution in [2.75, 3.05) is 6.61 Å². The Morgan fingerprint density at radius 1 is 1.04 bits per heavy atom. The number of aromatic nitrogens is 1. The highest BCUT2D eigenvalue weighted by molar-refractivity contribution is 5.98. The average molecular weight is 754 g/mol. The fourth-order valence-corrected chi connectivity index (χ4v) is 8.40. The van der Waals surface area contributed by atoms with Gasteiger partial charge in [-0.15, -0.1) is 0 Å². The summed E-state index contributed by atoms with van der Waals surface area (Å²) in [6, 6.07) is 16.4. The molecule has 7 N–H and O–H groups in total. The molecule has 0 saturated heterocycles. The van der Waals surface area contributed by atoms with Gasteiger partial charge in [-0.05, 0) is 120 Å². The van der Waals surface area contributed by atoms with E-state index in [-0.39, 0.29) is 47.6 Å². The molecule has 4 aromatic rings. The first-order chi connectivity index (χ1) is 27.1. The van der Waals surface area contributed by atoms with Crippen LogP contribution < -0.4 is 15.8 Å². The second kappa shape index (κ2) is 17.1. The van der Waals surface area contributed by atoms with Crippen molar-refractivity contribution >= 4 is 17.6 Å². The molecule has 2 aliphatic carbocycles. The number of nitrogens with two attached hydrogens (primary N) is 1. The predicted octanol–water partition coefficient (Wildman–Crippen LogP) is 7.67. The standard InChI is InChI=1S/C47H51N3O6/c1-2-3-18-47(20-14-35(52)29-47)19-13-34(51)10-7-30-9-12-43(54)45(25-30)56-23-17-31-8-11-42(53)40(24-31)39-28-44(55)36-16-22-49-41(36)6-4-5-32-27-38-33(26-37(32)39)15-21-50-46(38)48/h8-9,11-13,15-16,19,21-22,24-27,35,39,46,49-50,52-54H,2-3,6-7,10,14,17-18,20,23,28-29,48H2,1H3/b19-13+/t35-,39+,46+,47+/m0/s1. The number of allylic oxidation sites excluding steroid dienone is 2. The molecule has 56 heavy (non-hydrogen) atoms. The van der Waals surface area contributed by atoms with Gasteiger partial charge in [0.05, 0.1) is 19.1 Å². The van der Waals surface area contributed by atoms with Crippen molar-refractivity contribution in [3.05, 3.63) is 129 Å². The number of aryl methyl sites for hydroxylation is 1. The fourth-order valence-electron chi connectivity index (χ4n) is 8.40. The van der Waals surface area contributed by atoms with E-state index in [2.05, 4.69) is 29.1 Å². The number of aliphatic hydroxyl groups is 1. The van der Waals surface area contributed by atoms with Crippen LogP contribution in [-0.2, 0) is 24.1 Å². The number of phenolic OH excluding ortho intramolecular Hbond substituents is 2. The van der Waals surface area contributed by atoms with Crippen LogP contribution in [0.15, 0.2) is 79.1 Å². The molecule has 3 aromatic carbocycles. The molecule has 9 heteroatoms. The molecule has 7 rings (SSSR count). The summed E-state index contributed by atoms with van der Waals surface area (Å²) in [5.41, 5.74) is 13.5. The first-order valence-corrected chi connectivity index (χ1v) is 19.8. The van der Waals surface area contributed by atoms with Crippen molar-refractivity contribution < 1.29 is 29.6 Å². The van der Waals surface area contributed by atoms with Crippen LogP contribution in [0.25, 0.3) is 6.08 Å². The number of aliphatic hydroxyl groups excluding tert-OH is 1. The number of nitrogens with one attached hydrogen (secondary N) is 2. The van der Waals surface area contributed by atoms with Crippen LogP contribution in [0.5, 0.6) is 17.2 Å². The molecule has 1 fully saturated rings. The topological polar surface area (TPSA) is 158 Å². The summed E-state index contributed by atoms with van der Waals surface area (Å²) in [6.07, 6.45) is 16.0. The van der Waals surface area contributed by atoms with Crippen LogP contribution in [-0.4, -0.2) is 44.6 Å². The quantitative estimate of drug-likeness (QED) is 0.0600. The number of carbonyl (C=O) groups excluding carboxylic acids is 2. The summed E-state index contributed by atoms with van der Waals surface area (Å²) >= 11 is 0. The highest BCUT2D eigenvalue weighted by Gasteiger charge is 2.36. The number of H-pyrrole nitrogens is 1. The lowest BCUT2D eigenvalue weighted by Crippen LogP contribution is -2.27. The third-order valence-electron chi connectivity index (χ3n) is 11.6. The normalized spacial score (nSPS) is 21.4. The number of Topliss-reactive ketones (excluding diaryl/α,β-unsaturated/α-hetero) is 1. The minimum absolute atomic E-state index is 0.0122. The van der Waals surface area contributed by atoms with Crippen molar-refractivity contribution in [2.45, 2.75) is 95.7 Å². The maximum atomic E-state index is 13.9. The number of unbranched alkanes of at least 4 members (excludes halogenated alkanes) is 1. The Bertz CT molecular complexity index is 2220. The van der Waals surface area contributed by atoms with E-state index in [1.165, 1.54) is 0 Å². The van der Waals surface area contributed by atoms with Crippen molar-refractivity contribution in [2.24, 2.45) is 11.1 Å². The summed E-state index contributed by atoms with van der Waals surface area (Å²) in [5, 5.41) is 35.3. The van der Waals surface area contributed by atoms with Gasteiger partial charge in [0.25, 0.3) is 0 Å². The van der Waals surface area contributed by atoms with E-state index in [9.17, 15) is 24.9 Å². The zero-order valence-electron chi connectivity index (χ0n) is 31.9. The van der Waals surface area contributed by atoms with Gasteiger partial charge in [0, 0.05) is 53.8 Å². The van der Waals surface area contributed by atoms with Crippen LogP contribution >= 0.6 is 0 Å². The summed E-state index contributed by atoms with van der Waals surface area (Å²) in [5.74, 6) is 6.51. The maximum Gasteiger partial charge on any atom is 0.165 e. The lowest BCUT2D eigenvalue weighted by molar-refractivity contribution is -0.114. The van der Waals surface area contributed by atoms with Crippen molar-refractivity contribution in [3.8, 4) is 29.1 Å². The number of aromatic hydroxyl groups is 2. The van der Waals surface area contributed by atoms with E-state index < -0.39 is 12.1 Å². The number of fused-ring (bicyclic) bond motifs is 3. The van der Waals surface area contributed by atoms with Crippen molar-refractivity contribution in [1.82, 2.24) is 10.3 Å². The lowest BCUT2D eigenvalue weighted by atomic mass is 9.80. The van der Waals surface area contributed by atoms with E-state index in [1.807, 2.05) is 42.6 Å². The number of benzene rings is 3. The summed E-state index contributed by atoms with van der Waals surface area (Å²) < 4.78 is 6.09. The Hall–Kier alpha value is -5.56. The number of ether oxygens (including phenoxy) is 1. The van der Waals surface area contributed by atoms with Crippen LogP contribution in [0.3, 0.4) is 0 Å². The molecule has 4 atom stereocenters. The number of aromatic amines is 1. The number of hydrogen-bond acceptors (Lipinski definition) is 8. The SMILES string of the molecule is CCCC[C@@]1(/C=C/C(=O)CCc2ccc(O)c(OCCc3ccc(O)c([C@@H]4CC(=O)c5cc[nH]c5CC#Cc5cc6c(cc54)C=CN[C@H]6N)c3)c2)CC[C@H](O)C1. The number of hydrogen-bond donors (Lipinski definition) is 6. The smallest absolute Gasteiger partial charge is 0.165 e.